The second-order valence-electron chi connectivity index (χ2n) is 14.1. The fourth-order valence-corrected chi connectivity index (χ4v) is 7.70. The number of aromatic hydroxyl groups is 1. The summed E-state index contributed by atoms with van der Waals surface area (Å²) in [5.74, 6) is -1.50. The summed E-state index contributed by atoms with van der Waals surface area (Å²) in [7, 11) is 0. The molecule has 4 aliphatic heterocycles. The summed E-state index contributed by atoms with van der Waals surface area (Å²) in [6.07, 6.45) is 7.95. The number of phenols is 1. The number of unbranched alkanes of at least 4 members (excludes halogenated alkanes) is 1. The first-order valence-electron chi connectivity index (χ1n) is 18.3. The number of hydrogen-bond donors (Lipinski definition) is 4. The van der Waals surface area contributed by atoms with Crippen LogP contribution in [-0.2, 0) is 16.0 Å². The minimum absolute atomic E-state index is 0.00861. The normalized spacial score (nSPS) is 20.7. The SMILES string of the molecule is C=C1CCC(N2C(=O)c3ccc(NCCCCNC(=O)CCc4ccc(N5C[C@@H]6C[C@H]5CN6/C=C/C(=O)c5ccccc5O)cc4)cc3C2=O)C(=O)N1. The first-order chi connectivity index (χ1) is 25.7. The molecule has 0 spiro atoms. The van der Waals surface area contributed by atoms with Gasteiger partial charge in [0, 0.05) is 74.0 Å². The molecule has 3 aromatic carbocycles. The number of hydrogen-bond acceptors (Lipinski definition) is 9. The lowest BCUT2D eigenvalue weighted by Crippen LogP contribution is -2.51. The molecule has 4 N–H and O–H groups in total. The topological polar surface area (TPSA) is 151 Å². The van der Waals surface area contributed by atoms with Gasteiger partial charge in [0.05, 0.1) is 16.7 Å². The molecule has 3 fully saturated rings. The Hall–Kier alpha value is -5.91. The van der Waals surface area contributed by atoms with Crippen molar-refractivity contribution >= 4 is 40.8 Å². The zero-order chi connectivity index (χ0) is 37.1. The fraction of sp³-hybridized carbons (Fsp3) is 0.341. The number of carbonyl (C=O) groups is 5. The number of allylic oxidation sites excluding steroid dienone is 2. The Bertz CT molecular complexity index is 1980. The number of amides is 4. The Kier molecular flexibility index (Phi) is 10.3. The highest BCUT2D eigenvalue weighted by molar-refractivity contribution is 6.23. The smallest absolute Gasteiger partial charge is 0.262 e. The molecule has 3 aromatic rings. The van der Waals surface area contributed by atoms with Crippen molar-refractivity contribution in [3.05, 3.63) is 114 Å². The van der Waals surface area contributed by atoms with Crippen molar-refractivity contribution in [3.8, 4) is 5.75 Å². The molecule has 53 heavy (non-hydrogen) atoms. The van der Waals surface area contributed by atoms with E-state index in [2.05, 4.69) is 56.6 Å². The molecule has 4 aliphatic rings. The number of phenolic OH excluding ortho intramolecular Hbond substituents is 1. The van der Waals surface area contributed by atoms with Gasteiger partial charge >= 0.3 is 0 Å². The third-order valence-electron chi connectivity index (χ3n) is 10.6. The third kappa shape index (κ3) is 7.67. The average molecular weight is 717 g/mol. The number of piperazine rings is 1. The molecule has 3 atom stereocenters. The number of ketones is 1. The zero-order valence-electron chi connectivity index (χ0n) is 29.6. The van der Waals surface area contributed by atoms with Crippen molar-refractivity contribution in [1.82, 2.24) is 20.4 Å². The van der Waals surface area contributed by atoms with Crippen LogP contribution in [0.1, 0.15) is 75.2 Å². The van der Waals surface area contributed by atoms with Crippen molar-refractivity contribution in [1.29, 1.82) is 0 Å². The van der Waals surface area contributed by atoms with Crippen LogP contribution in [0, 0.1) is 0 Å². The molecule has 274 valence electrons. The molecule has 4 heterocycles. The second kappa shape index (κ2) is 15.4. The largest absolute Gasteiger partial charge is 0.507 e. The van der Waals surface area contributed by atoms with Crippen LogP contribution < -0.4 is 20.9 Å². The zero-order valence-corrected chi connectivity index (χ0v) is 29.6. The number of imide groups is 1. The highest BCUT2D eigenvalue weighted by atomic mass is 16.3. The van der Waals surface area contributed by atoms with E-state index in [1.54, 1.807) is 42.5 Å². The molecular formula is C41H44N6O6. The van der Waals surface area contributed by atoms with Crippen molar-refractivity contribution in [2.75, 3.05) is 36.4 Å². The predicted molar refractivity (Wildman–Crippen MR) is 201 cm³/mol. The summed E-state index contributed by atoms with van der Waals surface area (Å²) in [4.78, 5) is 69.3. The number of carbonyl (C=O) groups excluding carboxylic acids is 5. The van der Waals surface area contributed by atoms with Gasteiger partial charge in [-0.2, -0.15) is 0 Å². The number of anilines is 2. The van der Waals surface area contributed by atoms with Crippen LogP contribution >= 0.6 is 0 Å². The molecule has 12 nitrogen and oxygen atoms in total. The summed E-state index contributed by atoms with van der Waals surface area (Å²) in [6, 6.07) is 19.9. The Morgan fingerprint density at radius 3 is 2.45 bits per heavy atom. The minimum atomic E-state index is -0.836. The van der Waals surface area contributed by atoms with Crippen LogP contribution in [0.4, 0.5) is 11.4 Å². The van der Waals surface area contributed by atoms with Gasteiger partial charge in [0.15, 0.2) is 5.78 Å². The number of nitrogens with one attached hydrogen (secondary N) is 3. The van der Waals surface area contributed by atoms with Crippen LogP contribution in [0.2, 0.25) is 0 Å². The summed E-state index contributed by atoms with van der Waals surface area (Å²) in [6.45, 7) is 6.67. The number of nitrogens with zero attached hydrogens (tertiary/aromatic N) is 3. The number of rotatable bonds is 14. The van der Waals surface area contributed by atoms with Gasteiger partial charge < -0.3 is 30.9 Å². The van der Waals surface area contributed by atoms with Crippen molar-refractivity contribution in [2.24, 2.45) is 0 Å². The lowest BCUT2D eigenvalue weighted by molar-refractivity contribution is -0.125. The van der Waals surface area contributed by atoms with Crippen LogP contribution in [0.5, 0.6) is 5.75 Å². The Balaban J connectivity index is 0.785. The number of para-hydroxylation sites is 1. The first kappa shape index (κ1) is 35.5. The molecule has 3 saturated heterocycles. The van der Waals surface area contributed by atoms with Gasteiger partial charge in [0.2, 0.25) is 11.8 Å². The van der Waals surface area contributed by atoms with Crippen LogP contribution in [0.25, 0.3) is 0 Å². The number of benzene rings is 3. The van der Waals surface area contributed by atoms with Gasteiger partial charge in [0.1, 0.15) is 11.8 Å². The molecule has 0 radical (unpaired) electrons. The van der Waals surface area contributed by atoms with Gasteiger partial charge in [-0.15, -0.1) is 0 Å². The van der Waals surface area contributed by atoms with Crippen LogP contribution in [0.3, 0.4) is 0 Å². The molecule has 0 aromatic heterocycles. The van der Waals surface area contributed by atoms with Crippen LogP contribution in [-0.4, -0.2) is 88.6 Å². The molecule has 1 unspecified atom stereocenters. The van der Waals surface area contributed by atoms with Crippen LogP contribution in [0.15, 0.2) is 91.3 Å². The Labute approximate surface area is 308 Å². The van der Waals surface area contributed by atoms with E-state index in [-0.39, 0.29) is 23.3 Å². The molecular weight excluding hydrogens is 672 g/mol. The monoisotopic (exact) mass is 716 g/mol. The standard InChI is InChI=1S/C41H44N6O6/c1-26-8-16-35(39(51)44-26)47-40(52)32-15-12-28(22-34(32)41(47)53)42-19-4-5-20-43-38(50)17-11-27-9-13-29(14-10-27)46-25-30-23-31(46)24-45(30)21-18-37(49)33-6-2-3-7-36(33)48/h2-3,6-7,9-10,12-15,18,21-22,30-31,35,42,48H,1,4-5,8,11,16-17,19-20,23-25H2,(H,43,50)(H,44,51)/b21-18+/t30-,31-,35?/m0/s1. The van der Waals surface area contributed by atoms with Gasteiger partial charge in [-0.05, 0) is 86.6 Å². The molecule has 7 rings (SSSR count). The number of piperidine rings is 1. The second-order valence-corrected chi connectivity index (χ2v) is 14.1. The quantitative estimate of drug-likeness (QED) is 0.0825. The summed E-state index contributed by atoms with van der Waals surface area (Å²) >= 11 is 0. The fourth-order valence-electron chi connectivity index (χ4n) is 7.70. The van der Waals surface area contributed by atoms with E-state index in [4.69, 9.17) is 0 Å². The number of likely N-dealkylation sites (tertiary alicyclic amines) is 1. The lowest BCUT2D eigenvalue weighted by atomic mass is 10.0. The third-order valence-corrected chi connectivity index (χ3v) is 10.6. The van der Waals surface area contributed by atoms with Gasteiger partial charge in [-0.1, -0.05) is 30.8 Å². The first-order valence-corrected chi connectivity index (χ1v) is 18.3. The predicted octanol–water partition coefficient (Wildman–Crippen LogP) is 4.38. The maximum atomic E-state index is 13.1. The van der Waals surface area contributed by atoms with E-state index in [0.717, 1.165) is 54.2 Å². The summed E-state index contributed by atoms with van der Waals surface area (Å²) < 4.78 is 0. The molecule has 4 amide bonds. The Morgan fingerprint density at radius 1 is 0.925 bits per heavy atom. The van der Waals surface area contributed by atoms with E-state index < -0.39 is 17.9 Å². The number of fused-ring (bicyclic) bond motifs is 3. The van der Waals surface area contributed by atoms with Crippen molar-refractivity contribution in [3.63, 3.8) is 0 Å². The maximum absolute atomic E-state index is 13.1. The lowest BCUT2D eigenvalue weighted by Gasteiger charge is -2.35. The van der Waals surface area contributed by atoms with Crippen molar-refractivity contribution in [2.45, 2.75) is 63.1 Å². The molecule has 12 heteroatoms. The molecule has 0 saturated carbocycles. The minimum Gasteiger partial charge on any atom is -0.507 e. The molecule has 2 bridgehead atoms. The van der Waals surface area contributed by atoms with E-state index in [0.29, 0.717) is 73.2 Å². The average Bonchev–Trinajstić information content (AvgIpc) is 3.83. The summed E-state index contributed by atoms with van der Waals surface area (Å²) in [5.41, 5.74) is 4.47. The van der Waals surface area contributed by atoms with E-state index >= 15 is 0 Å². The maximum Gasteiger partial charge on any atom is 0.262 e. The van der Waals surface area contributed by atoms with Gasteiger partial charge in [-0.25, -0.2) is 0 Å². The Morgan fingerprint density at radius 2 is 1.70 bits per heavy atom. The highest BCUT2D eigenvalue weighted by Gasteiger charge is 2.44. The van der Waals surface area contributed by atoms with E-state index in [9.17, 15) is 29.1 Å². The van der Waals surface area contributed by atoms with Gasteiger partial charge in [-0.3, -0.25) is 28.9 Å². The van der Waals surface area contributed by atoms with Crippen molar-refractivity contribution < 1.29 is 29.1 Å². The number of aryl methyl sites for hydroxylation is 1. The highest BCUT2D eigenvalue weighted by Crippen LogP contribution is 2.35. The van der Waals surface area contributed by atoms with E-state index in [1.807, 2.05) is 6.20 Å². The summed E-state index contributed by atoms with van der Waals surface area (Å²) in [5, 5.41) is 18.9. The van der Waals surface area contributed by atoms with Gasteiger partial charge in [0.25, 0.3) is 11.8 Å². The van der Waals surface area contributed by atoms with E-state index in [1.165, 1.54) is 6.07 Å². The molecule has 0 aliphatic carbocycles.